The van der Waals surface area contributed by atoms with Crippen LogP contribution in [0.3, 0.4) is 0 Å². The molecule has 1 aromatic rings. The molecule has 1 saturated carbocycles. The molecular formula is C19H21FN5NaO7S3. The van der Waals surface area contributed by atoms with Crippen LogP contribution in [0.25, 0.3) is 0 Å². The number of carboxylic acid groups (broad SMARTS) is 1. The Morgan fingerprint density at radius 1 is 1.36 bits per heavy atom. The summed E-state index contributed by atoms with van der Waals surface area (Å²) in [5, 5.41) is 19.1. The van der Waals surface area contributed by atoms with Crippen LogP contribution in [0.4, 0.5) is 9.52 Å². The van der Waals surface area contributed by atoms with Gasteiger partial charge in [0, 0.05) is 11.1 Å². The number of carbonyl (C=O) groups is 3. The molecule has 190 valence electrons. The van der Waals surface area contributed by atoms with Gasteiger partial charge in [0.25, 0.3) is 11.8 Å². The molecular weight excluding hydrogens is 548 g/mol. The largest absolute Gasteiger partial charge is 1.00 e. The van der Waals surface area contributed by atoms with E-state index in [1.54, 1.807) is 0 Å². The third-order valence-corrected chi connectivity index (χ3v) is 8.80. The molecule has 0 bridgehead atoms. The molecule has 2 fully saturated rings. The number of aliphatic carboxylic acids is 1. The number of carbonyl (C=O) groups excluding carboxylic acids is 3. The van der Waals surface area contributed by atoms with Crippen molar-refractivity contribution in [1.82, 2.24) is 15.2 Å². The molecule has 1 aromatic heterocycles. The fourth-order valence-corrected chi connectivity index (χ4v) is 6.89. The van der Waals surface area contributed by atoms with Crippen LogP contribution in [-0.2, 0) is 29.1 Å². The van der Waals surface area contributed by atoms with Crippen molar-refractivity contribution in [2.45, 2.75) is 43.2 Å². The Kier molecular flexibility index (Phi) is 9.43. The molecule has 36 heavy (non-hydrogen) atoms. The molecule has 2 amide bonds. The minimum absolute atomic E-state index is 0. The van der Waals surface area contributed by atoms with E-state index in [9.17, 15) is 32.3 Å². The zero-order chi connectivity index (χ0) is 25.3. The predicted molar refractivity (Wildman–Crippen MR) is 123 cm³/mol. The van der Waals surface area contributed by atoms with Crippen molar-refractivity contribution in [2.24, 2.45) is 5.16 Å². The van der Waals surface area contributed by atoms with Crippen molar-refractivity contribution in [3.8, 4) is 0 Å². The van der Waals surface area contributed by atoms with Gasteiger partial charge in [0.15, 0.2) is 26.7 Å². The topological polar surface area (TPSA) is 184 Å². The molecule has 2 aliphatic heterocycles. The predicted octanol–water partition coefficient (Wildman–Crippen LogP) is -3.86. The van der Waals surface area contributed by atoms with E-state index in [4.69, 9.17) is 10.6 Å². The van der Waals surface area contributed by atoms with Gasteiger partial charge in [-0.1, -0.05) is 5.16 Å². The van der Waals surface area contributed by atoms with Crippen LogP contribution in [0, 0.1) is 0 Å². The fraction of sp³-hybridized carbons (Fsp3) is 0.526. The summed E-state index contributed by atoms with van der Waals surface area (Å²) >= 11 is 2.13. The van der Waals surface area contributed by atoms with Crippen molar-refractivity contribution in [2.75, 3.05) is 23.2 Å². The Balaban J connectivity index is 0.00000361. The number of rotatable bonds is 9. The zero-order valence-corrected chi connectivity index (χ0v) is 23.6. The number of nitrogen functional groups attached to an aromatic ring is 1. The number of nitrogens with one attached hydrogen (secondary N) is 1. The number of fused-ring (bicyclic) bond motifs is 1. The smallest absolute Gasteiger partial charge is 0.543 e. The van der Waals surface area contributed by atoms with Crippen LogP contribution in [0.1, 0.15) is 31.4 Å². The first-order valence-corrected chi connectivity index (χ1v) is 14.3. The van der Waals surface area contributed by atoms with Crippen molar-refractivity contribution in [1.29, 1.82) is 0 Å². The molecule has 0 radical (unpaired) electrons. The summed E-state index contributed by atoms with van der Waals surface area (Å²) in [5.41, 5.74) is 4.90. The molecule has 12 nitrogen and oxygen atoms in total. The molecule has 3 heterocycles. The molecule has 17 heteroatoms. The SMILES string of the molecule is Nc1nc(/C(=N/OC2CCCC2)C(=O)NC2C(=O)N3C(C(=O)[O-])=C(CS(=O)(=O)CF)CS[C@H]23)cs1.[Na+]. The Hall–Kier alpha value is -1.72. The van der Waals surface area contributed by atoms with E-state index in [-0.39, 0.29) is 63.5 Å². The number of hydrogen-bond acceptors (Lipinski definition) is 12. The number of halogens is 1. The summed E-state index contributed by atoms with van der Waals surface area (Å²) in [5.74, 6) is -4.26. The van der Waals surface area contributed by atoms with Gasteiger partial charge in [-0.05, 0) is 31.3 Å². The Bertz CT molecular complexity index is 1220. The second-order valence-electron chi connectivity index (χ2n) is 8.12. The number of nitrogens with two attached hydrogens (primary N) is 1. The summed E-state index contributed by atoms with van der Waals surface area (Å²) in [4.78, 5) is 48.0. The van der Waals surface area contributed by atoms with E-state index >= 15 is 0 Å². The van der Waals surface area contributed by atoms with E-state index in [0.29, 0.717) is 0 Å². The summed E-state index contributed by atoms with van der Waals surface area (Å²) in [7, 11) is -4.19. The third kappa shape index (κ3) is 6.05. The van der Waals surface area contributed by atoms with Crippen LogP contribution >= 0.6 is 23.1 Å². The number of hydrogen-bond donors (Lipinski definition) is 2. The molecule has 3 aliphatic rings. The van der Waals surface area contributed by atoms with E-state index in [1.165, 1.54) is 5.38 Å². The van der Waals surface area contributed by atoms with Gasteiger partial charge in [0.05, 0.1) is 17.4 Å². The number of sulfone groups is 1. The molecule has 1 unspecified atom stereocenters. The number of β-lactam (4-membered cyclic amide) rings is 1. The average molecular weight is 570 g/mol. The quantitative estimate of drug-likeness (QED) is 0.129. The van der Waals surface area contributed by atoms with Gasteiger partial charge < -0.3 is 25.8 Å². The average Bonchev–Trinajstić information content (AvgIpc) is 3.49. The van der Waals surface area contributed by atoms with Crippen molar-refractivity contribution in [3.63, 3.8) is 0 Å². The Labute approximate surface area is 236 Å². The number of thiazole rings is 1. The zero-order valence-electron chi connectivity index (χ0n) is 19.1. The first kappa shape index (κ1) is 28.8. The molecule has 1 saturated heterocycles. The minimum Gasteiger partial charge on any atom is -0.543 e. The Morgan fingerprint density at radius 3 is 2.64 bits per heavy atom. The Morgan fingerprint density at radius 2 is 2.06 bits per heavy atom. The molecule has 4 rings (SSSR count). The molecule has 3 N–H and O–H groups in total. The van der Waals surface area contributed by atoms with Crippen LogP contribution in [-0.4, -0.2) is 76.8 Å². The summed E-state index contributed by atoms with van der Waals surface area (Å²) in [6.07, 6.45) is 3.42. The van der Waals surface area contributed by atoms with Gasteiger partial charge in [0.1, 0.15) is 23.2 Å². The number of thioether (sulfide) groups is 1. The maximum Gasteiger partial charge on any atom is 1.00 e. The monoisotopic (exact) mass is 569 g/mol. The second-order valence-corrected chi connectivity index (χ2v) is 12.1. The maximum absolute atomic E-state index is 13.0. The van der Waals surface area contributed by atoms with Gasteiger partial charge in [-0.25, -0.2) is 17.8 Å². The molecule has 0 aromatic carbocycles. The van der Waals surface area contributed by atoms with Gasteiger partial charge in [0.2, 0.25) is 0 Å². The first-order valence-electron chi connectivity index (χ1n) is 10.5. The molecule has 0 spiro atoms. The van der Waals surface area contributed by atoms with Gasteiger partial charge >= 0.3 is 29.6 Å². The number of oxime groups is 1. The van der Waals surface area contributed by atoms with E-state index in [0.717, 1.165) is 53.7 Å². The number of amides is 2. The van der Waals surface area contributed by atoms with Crippen molar-refractivity contribution < 1.29 is 66.7 Å². The second kappa shape index (κ2) is 11.8. The maximum atomic E-state index is 13.0. The van der Waals surface area contributed by atoms with Crippen molar-refractivity contribution in [3.05, 3.63) is 22.3 Å². The number of aromatic nitrogens is 1. The van der Waals surface area contributed by atoms with Gasteiger partial charge in [-0.2, -0.15) is 0 Å². The fourth-order valence-electron chi connectivity index (χ4n) is 4.02. The molecule has 2 atom stereocenters. The number of anilines is 1. The van der Waals surface area contributed by atoms with Crippen LogP contribution in [0.15, 0.2) is 21.8 Å². The molecule has 1 aliphatic carbocycles. The number of nitrogens with zero attached hydrogens (tertiary/aromatic N) is 3. The first-order chi connectivity index (χ1) is 16.6. The van der Waals surface area contributed by atoms with Crippen LogP contribution < -0.4 is 45.7 Å². The summed E-state index contributed by atoms with van der Waals surface area (Å²) in [6.45, 7) is 0. The van der Waals surface area contributed by atoms with E-state index in [1.807, 2.05) is 0 Å². The number of carboxylic acids is 1. The normalized spacial score (nSPS) is 22.5. The van der Waals surface area contributed by atoms with Crippen LogP contribution in [0.5, 0.6) is 0 Å². The van der Waals surface area contributed by atoms with Crippen molar-refractivity contribution >= 4 is 61.6 Å². The van der Waals surface area contributed by atoms with E-state index in [2.05, 4.69) is 15.5 Å². The van der Waals surface area contributed by atoms with Gasteiger partial charge in [-0.15, -0.1) is 23.1 Å². The van der Waals surface area contributed by atoms with E-state index < -0.39 is 56.5 Å². The standard InChI is InChI=1S/C19H22FN5O7S3.Na/c20-8-35(30,31)7-9-5-33-17-13(16(27)25(17)14(9)18(28)29)23-15(26)12(11-6-34-19(21)22-11)24-32-10-3-1-2-4-10;/h6,10,13,17H,1-5,7-8H2,(H2,21,22)(H,23,26)(H,28,29);/q;+1/p-1/b24-12-;/t13?,17-;/m1./s1. The minimum atomic E-state index is -4.19. The van der Waals surface area contributed by atoms with Crippen LogP contribution in [0.2, 0.25) is 0 Å². The third-order valence-electron chi connectivity index (χ3n) is 5.66. The number of alkyl halides is 1. The summed E-state index contributed by atoms with van der Waals surface area (Å²) < 4.78 is 36.1. The summed E-state index contributed by atoms with van der Waals surface area (Å²) in [6, 6.07) is -2.78. The van der Waals surface area contributed by atoms with Gasteiger partial charge in [-0.3, -0.25) is 14.5 Å².